The van der Waals surface area contributed by atoms with E-state index in [4.69, 9.17) is 0 Å². The molecule has 19 heavy (non-hydrogen) atoms. The molecule has 0 aromatic carbocycles. The molecular weight excluding hydrogens is 271 g/mol. The summed E-state index contributed by atoms with van der Waals surface area (Å²) >= 11 is 0. The van der Waals surface area contributed by atoms with E-state index in [2.05, 4.69) is 0 Å². The molecule has 0 aromatic rings. The van der Waals surface area contributed by atoms with Crippen LogP contribution in [0.25, 0.3) is 0 Å². The van der Waals surface area contributed by atoms with Crippen LogP contribution in [0.1, 0.15) is 41.0 Å². The van der Waals surface area contributed by atoms with E-state index in [-0.39, 0.29) is 69.4 Å². The number of aliphatic carboxylic acids is 1. The summed E-state index contributed by atoms with van der Waals surface area (Å²) in [6.07, 6.45) is -0.287. The van der Waals surface area contributed by atoms with Crippen molar-refractivity contribution in [3.63, 3.8) is 0 Å². The average Bonchev–Trinajstić information content (AvgIpc) is 2.21. The minimum Gasteiger partial charge on any atom is -0.550 e. The van der Waals surface area contributed by atoms with Crippen LogP contribution in [0.4, 0.5) is 0 Å². The predicted molar refractivity (Wildman–Crippen MR) is 64.5 cm³/mol. The molecule has 0 aromatic heterocycles. The molecule has 0 saturated heterocycles. The molecule has 0 saturated carbocycles. The van der Waals surface area contributed by atoms with E-state index in [9.17, 15) is 19.5 Å². The summed E-state index contributed by atoms with van der Waals surface area (Å²) in [6, 6.07) is 0. The van der Waals surface area contributed by atoms with E-state index in [1.807, 2.05) is 0 Å². The maximum atomic E-state index is 12.2. The first-order valence-corrected chi connectivity index (χ1v) is 5.77. The second-order valence-electron chi connectivity index (χ2n) is 5.34. The Hall–Kier alpha value is -0.0736. The summed E-state index contributed by atoms with van der Waals surface area (Å²) in [5, 5.41) is 10.8. The molecule has 0 heterocycles. The Morgan fingerprint density at radius 2 is 1.42 bits per heavy atom. The molecule has 1 aliphatic rings. The predicted octanol–water partition coefficient (Wildman–Crippen LogP) is -2.04. The molecule has 0 amide bonds. The number of carboxylic acids is 1. The first-order chi connectivity index (χ1) is 8.09. The Kier molecular flexibility index (Phi) is 6.56. The maximum Gasteiger partial charge on any atom is 1.00 e. The molecule has 5 heteroatoms. The molecule has 0 spiro atoms. The Morgan fingerprint density at radius 1 is 1.00 bits per heavy atom. The van der Waals surface area contributed by atoms with E-state index >= 15 is 0 Å². The zero-order valence-corrected chi connectivity index (χ0v) is 15.5. The van der Waals surface area contributed by atoms with Crippen LogP contribution in [-0.2, 0) is 14.4 Å². The van der Waals surface area contributed by atoms with Crippen molar-refractivity contribution >= 4 is 17.5 Å². The van der Waals surface area contributed by atoms with Crippen LogP contribution in [0.15, 0.2) is 22.3 Å². The molecule has 0 radical (unpaired) electrons. The first kappa shape index (κ1) is 18.9. The second-order valence-corrected chi connectivity index (χ2v) is 5.34. The summed E-state index contributed by atoms with van der Waals surface area (Å²) in [6.45, 7) is 8.06. The zero-order chi connectivity index (χ0) is 14.2. The summed E-state index contributed by atoms with van der Waals surface area (Å²) in [7, 11) is 0. The van der Waals surface area contributed by atoms with Crippen molar-refractivity contribution in [3.05, 3.63) is 22.3 Å². The molecule has 0 N–H and O–H groups in total. The summed E-state index contributed by atoms with van der Waals surface area (Å²) in [5.41, 5.74) is 0.559. The summed E-state index contributed by atoms with van der Waals surface area (Å²) in [5.74, 6) is -1.66. The van der Waals surface area contributed by atoms with Gasteiger partial charge in [-0.05, 0) is 32.6 Å². The van der Waals surface area contributed by atoms with E-state index < -0.39 is 11.4 Å². The molecule has 1 aliphatic carbocycles. The molecule has 0 atom stereocenters. The average molecular weight is 288 g/mol. The third-order valence-corrected chi connectivity index (χ3v) is 3.45. The van der Waals surface area contributed by atoms with E-state index in [1.54, 1.807) is 34.6 Å². The van der Waals surface area contributed by atoms with Gasteiger partial charge in [-0.2, -0.15) is 0 Å². The van der Waals surface area contributed by atoms with Gasteiger partial charge in [-0.1, -0.05) is 13.8 Å². The van der Waals surface area contributed by atoms with Gasteiger partial charge in [0.15, 0.2) is 11.6 Å². The van der Waals surface area contributed by atoms with Crippen LogP contribution < -0.4 is 56.5 Å². The van der Waals surface area contributed by atoms with Gasteiger partial charge in [0.05, 0.1) is 0 Å². The number of allylic oxidation sites excluding steroid dienone is 4. The third kappa shape index (κ3) is 3.73. The van der Waals surface area contributed by atoms with Crippen LogP contribution in [0.3, 0.4) is 0 Å². The molecule has 4 nitrogen and oxygen atoms in total. The number of carboxylic acid groups (broad SMARTS) is 1. The Labute approximate surface area is 155 Å². The fourth-order valence-electron chi connectivity index (χ4n) is 2.36. The van der Waals surface area contributed by atoms with Gasteiger partial charge in [-0.15, -0.1) is 0 Å². The van der Waals surface area contributed by atoms with Crippen molar-refractivity contribution in [2.75, 3.05) is 0 Å². The third-order valence-electron chi connectivity index (χ3n) is 3.45. The second kappa shape index (κ2) is 6.59. The molecule has 98 valence electrons. The summed E-state index contributed by atoms with van der Waals surface area (Å²) < 4.78 is 0. The van der Waals surface area contributed by atoms with Crippen molar-refractivity contribution in [2.45, 2.75) is 41.0 Å². The Bertz CT molecular complexity index is 510. The van der Waals surface area contributed by atoms with Gasteiger partial charge in [0.1, 0.15) is 0 Å². The SMILES string of the molecule is CC1=C(C)C(=O)C(C(C)(C)CC(=O)[O-])=C(C)C1=O.[K+]. The fourth-order valence-corrected chi connectivity index (χ4v) is 2.36. The molecule has 0 aliphatic heterocycles. The van der Waals surface area contributed by atoms with Gasteiger partial charge < -0.3 is 9.90 Å². The minimum absolute atomic E-state index is 0. The number of hydrogen-bond donors (Lipinski definition) is 0. The number of carbonyl (C=O) groups is 3. The van der Waals surface area contributed by atoms with Crippen LogP contribution >= 0.6 is 0 Å². The van der Waals surface area contributed by atoms with Gasteiger partial charge in [0, 0.05) is 28.3 Å². The Balaban J connectivity index is 0.00000324. The molecule has 0 fully saturated rings. The van der Waals surface area contributed by atoms with Crippen LogP contribution in [0.2, 0.25) is 0 Å². The van der Waals surface area contributed by atoms with Crippen molar-refractivity contribution in [2.24, 2.45) is 5.41 Å². The number of carbonyl (C=O) groups excluding carboxylic acids is 3. The number of rotatable bonds is 3. The monoisotopic (exact) mass is 288 g/mol. The molecule has 0 unspecified atom stereocenters. The smallest absolute Gasteiger partial charge is 0.550 e. The number of ketones is 2. The van der Waals surface area contributed by atoms with E-state index in [0.717, 1.165) is 0 Å². The summed E-state index contributed by atoms with van der Waals surface area (Å²) in [4.78, 5) is 35.0. The van der Waals surface area contributed by atoms with E-state index in [1.165, 1.54) is 0 Å². The minimum atomic E-state index is -1.23. The van der Waals surface area contributed by atoms with Gasteiger partial charge >= 0.3 is 51.4 Å². The molecule has 0 bridgehead atoms. The van der Waals surface area contributed by atoms with Gasteiger partial charge in [-0.3, -0.25) is 9.59 Å². The standard InChI is InChI=1S/C14H18O4.K/c1-7-8(2)13(18)11(9(3)12(7)17)14(4,5)6-10(15)16;/h6H2,1-5H3,(H,15,16);/q;+1/p-1. The maximum absolute atomic E-state index is 12.2. The van der Waals surface area contributed by atoms with Crippen molar-refractivity contribution in [1.82, 2.24) is 0 Å². The quantitative estimate of drug-likeness (QED) is 0.443. The first-order valence-electron chi connectivity index (χ1n) is 5.77. The van der Waals surface area contributed by atoms with Crippen LogP contribution in [0, 0.1) is 5.41 Å². The number of hydrogen-bond acceptors (Lipinski definition) is 4. The largest absolute Gasteiger partial charge is 1.00 e. The van der Waals surface area contributed by atoms with E-state index in [0.29, 0.717) is 22.3 Å². The molecular formula is C14H17KO4. The zero-order valence-electron chi connectivity index (χ0n) is 12.3. The number of Topliss-reactive ketones (excluding diaryl/α,β-unsaturated/α-hetero) is 2. The van der Waals surface area contributed by atoms with Crippen molar-refractivity contribution in [1.29, 1.82) is 0 Å². The van der Waals surface area contributed by atoms with Crippen molar-refractivity contribution in [3.8, 4) is 0 Å². The van der Waals surface area contributed by atoms with Crippen LogP contribution in [-0.4, -0.2) is 17.5 Å². The van der Waals surface area contributed by atoms with Gasteiger partial charge in [-0.25, -0.2) is 0 Å². The Morgan fingerprint density at radius 3 is 1.84 bits per heavy atom. The fraction of sp³-hybridized carbons (Fsp3) is 0.500. The topological polar surface area (TPSA) is 74.3 Å². The van der Waals surface area contributed by atoms with Crippen LogP contribution in [0.5, 0.6) is 0 Å². The van der Waals surface area contributed by atoms with Crippen molar-refractivity contribution < 1.29 is 70.9 Å². The van der Waals surface area contributed by atoms with Gasteiger partial charge in [0.2, 0.25) is 0 Å². The normalized spacial score (nSPS) is 16.7. The van der Waals surface area contributed by atoms with Gasteiger partial charge in [0.25, 0.3) is 0 Å². The molecule has 1 rings (SSSR count).